The smallest absolute Gasteiger partial charge is 0.279 e. The van der Waals surface area contributed by atoms with Crippen molar-refractivity contribution in [1.82, 2.24) is 20.0 Å². The number of carbonyl (C=O) groups excluding carboxylic acids is 1. The van der Waals surface area contributed by atoms with Gasteiger partial charge in [-0.2, -0.15) is 0 Å². The van der Waals surface area contributed by atoms with Gasteiger partial charge < -0.3 is 4.98 Å². The van der Waals surface area contributed by atoms with Crippen LogP contribution in [0.15, 0.2) is 18.3 Å². The molecule has 0 aromatic carbocycles. The number of aromatic nitrogens is 3. The molecule has 0 aliphatic carbocycles. The van der Waals surface area contributed by atoms with E-state index < -0.39 is 0 Å². The zero-order valence-electron chi connectivity index (χ0n) is 13.8. The molecule has 0 fully saturated rings. The molecule has 2 N–H and O–H groups in total. The summed E-state index contributed by atoms with van der Waals surface area (Å²) in [5.74, 6) is 0.305. The van der Waals surface area contributed by atoms with Gasteiger partial charge in [-0.25, -0.2) is 15.0 Å². The molecule has 3 heterocycles. The van der Waals surface area contributed by atoms with Gasteiger partial charge in [0.2, 0.25) is 0 Å². The monoisotopic (exact) mass is 304 g/mol. The number of nitrogens with one attached hydrogen (secondary N) is 1. The quantitative estimate of drug-likeness (QED) is 0.792. The molecule has 6 heteroatoms. The third kappa shape index (κ3) is 3.71. The maximum absolute atomic E-state index is 11.8. The summed E-state index contributed by atoms with van der Waals surface area (Å²) in [7, 11) is 0. The van der Waals surface area contributed by atoms with Crippen LogP contribution in [0.4, 0.5) is 0 Å². The van der Waals surface area contributed by atoms with Crippen LogP contribution in [-0.4, -0.2) is 37.7 Å². The summed E-state index contributed by atoms with van der Waals surface area (Å²) in [5, 5.41) is 10.1. The van der Waals surface area contributed by atoms with Crippen molar-refractivity contribution in [2.45, 2.75) is 41.0 Å². The Balaban J connectivity index is 0.000000561. The van der Waals surface area contributed by atoms with E-state index in [9.17, 15) is 10.0 Å². The lowest BCUT2D eigenvalue weighted by Crippen LogP contribution is -2.34. The van der Waals surface area contributed by atoms with Crippen LogP contribution in [0.2, 0.25) is 0 Å². The highest BCUT2D eigenvalue weighted by molar-refractivity contribution is 5.96. The summed E-state index contributed by atoms with van der Waals surface area (Å²) in [6.07, 6.45) is 2.29. The van der Waals surface area contributed by atoms with Gasteiger partial charge in [-0.15, -0.1) is 0 Å². The molecule has 0 atom stereocenters. The molecule has 0 saturated heterocycles. The minimum atomic E-state index is -0.371. The fourth-order valence-electron chi connectivity index (χ4n) is 2.09. The Morgan fingerprint density at radius 2 is 1.95 bits per heavy atom. The first-order valence-electron chi connectivity index (χ1n) is 7.68. The Morgan fingerprint density at radius 3 is 2.59 bits per heavy atom. The standard InChI is InChI=1S/C12H12N4O2.2C2H6/c1-7-13-4-2-10(14-7)11-6-8-9(15-11)3-5-16(18)12(8)17;2*1-2/h2,4,6,15,18H,3,5H2,1H3;2*1-2H3. The molecule has 6 nitrogen and oxygen atoms in total. The Hall–Kier alpha value is -2.21. The first kappa shape index (κ1) is 17.8. The Kier molecular flexibility index (Phi) is 6.72. The molecule has 0 spiro atoms. The van der Waals surface area contributed by atoms with Crippen LogP contribution in [0.1, 0.15) is 49.6 Å². The van der Waals surface area contributed by atoms with Crippen molar-refractivity contribution in [2.75, 3.05) is 6.54 Å². The van der Waals surface area contributed by atoms with Crippen molar-refractivity contribution in [3.63, 3.8) is 0 Å². The summed E-state index contributed by atoms with van der Waals surface area (Å²) < 4.78 is 0. The number of H-pyrrole nitrogens is 1. The maximum atomic E-state index is 11.8. The van der Waals surface area contributed by atoms with E-state index in [1.807, 2.05) is 34.6 Å². The van der Waals surface area contributed by atoms with E-state index in [-0.39, 0.29) is 5.91 Å². The van der Waals surface area contributed by atoms with Gasteiger partial charge in [0.25, 0.3) is 5.91 Å². The second kappa shape index (κ2) is 8.29. The van der Waals surface area contributed by atoms with E-state index in [0.29, 0.717) is 24.4 Å². The van der Waals surface area contributed by atoms with E-state index in [4.69, 9.17) is 0 Å². The molecule has 2 aromatic heterocycles. The normalized spacial score (nSPS) is 12.6. The number of hydrogen-bond acceptors (Lipinski definition) is 4. The highest BCUT2D eigenvalue weighted by Crippen LogP contribution is 2.24. The van der Waals surface area contributed by atoms with Gasteiger partial charge in [0.05, 0.1) is 23.5 Å². The van der Waals surface area contributed by atoms with E-state index in [0.717, 1.165) is 22.1 Å². The van der Waals surface area contributed by atoms with Gasteiger partial charge in [0.15, 0.2) is 0 Å². The third-order valence-electron chi connectivity index (χ3n) is 2.99. The van der Waals surface area contributed by atoms with Crippen molar-refractivity contribution in [3.8, 4) is 11.4 Å². The Bertz CT molecular complexity index is 622. The third-order valence-corrected chi connectivity index (χ3v) is 2.99. The molecule has 22 heavy (non-hydrogen) atoms. The molecule has 3 rings (SSSR count). The lowest BCUT2D eigenvalue weighted by molar-refractivity contribution is -0.0603. The van der Waals surface area contributed by atoms with E-state index in [1.165, 1.54) is 0 Å². The number of amides is 1. The topological polar surface area (TPSA) is 82.1 Å². The zero-order valence-corrected chi connectivity index (χ0v) is 13.8. The lowest BCUT2D eigenvalue weighted by atomic mass is 10.1. The Labute approximate surface area is 131 Å². The summed E-state index contributed by atoms with van der Waals surface area (Å²) in [6.45, 7) is 10.1. The van der Waals surface area contributed by atoms with E-state index in [1.54, 1.807) is 18.3 Å². The van der Waals surface area contributed by atoms with Crippen molar-refractivity contribution < 1.29 is 10.0 Å². The van der Waals surface area contributed by atoms with Gasteiger partial charge >= 0.3 is 0 Å². The number of carbonyl (C=O) groups is 1. The SMILES string of the molecule is CC.CC.Cc1nccc(-c2cc3c([nH]2)CCN(O)C3=O)n1. The van der Waals surface area contributed by atoms with Gasteiger partial charge in [-0.1, -0.05) is 27.7 Å². The zero-order chi connectivity index (χ0) is 16.7. The summed E-state index contributed by atoms with van der Waals surface area (Å²) in [6, 6.07) is 3.51. The number of rotatable bonds is 1. The molecule has 1 amide bonds. The average Bonchev–Trinajstić information content (AvgIpc) is 3.00. The van der Waals surface area contributed by atoms with Crippen molar-refractivity contribution in [1.29, 1.82) is 0 Å². The molecule has 0 unspecified atom stereocenters. The average molecular weight is 304 g/mol. The molecule has 0 saturated carbocycles. The number of hydroxylamine groups is 2. The summed E-state index contributed by atoms with van der Waals surface area (Å²) in [4.78, 5) is 23.3. The van der Waals surface area contributed by atoms with Crippen LogP contribution in [0, 0.1) is 6.92 Å². The first-order valence-corrected chi connectivity index (χ1v) is 7.68. The van der Waals surface area contributed by atoms with E-state index in [2.05, 4.69) is 15.0 Å². The molecule has 120 valence electrons. The predicted molar refractivity (Wildman–Crippen MR) is 85.8 cm³/mol. The number of nitrogens with zero attached hydrogens (tertiary/aromatic N) is 3. The first-order chi connectivity index (χ1) is 10.6. The minimum Gasteiger partial charge on any atom is -0.356 e. The second-order valence-corrected chi connectivity index (χ2v) is 4.24. The minimum absolute atomic E-state index is 0.314. The molecule has 1 aliphatic rings. The fourth-order valence-corrected chi connectivity index (χ4v) is 2.09. The van der Waals surface area contributed by atoms with Crippen LogP contribution in [-0.2, 0) is 6.42 Å². The number of fused-ring (bicyclic) bond motifs is 1. The molecular formula is C16H24N4O2. The number of aryl methyl sites for hydroxylation is 1. The van der Waals surface area contributed by atoms with Crippen LogP contribution in [0.25, 0.3) is 11.4 Å². The van der Waals surface area contributed by atoms with Crippen LogP contribution in [0.5, 0.6) is 0 Å². The van der Waals surface area contributed by atoms with Crippen molar-refractivity contribution in [3.05, 3.63) is 35.4 Å². The van der Waals surface area contributed by atoms with Gasteiger partial charge in [-0.05, 0) is 19.1 Å². The van der Waals surface area contributed by atoms with Crippen LogP contribution < -0.4 is 0 Å². The molecule has 2 aromatic rings. The summed E-state index contributed by atoms with van der Waals surface area (Å²) in [5.41, 5.74) is 2.87. The van der Waals surface area contributed by atoms with Gasteiger partial charge in [-0.3, -0.25) is 10.0 Å². The van der Waals surface area contributed by atoms with E-state index >= 15 is 0 Å². The van der Waals surface area contributed by atoms with Crippen LogP contribution in [0.3, 0.4) is 0 Å². The van der Waals surface area contributed by atoms with Gasteiger partial charge in [0, 0.05) is 18.3 Å². The Morgan fingerprint density at radius 1 is 1.27 bits per heavy atom. The second-order valence-electron chi connectivity index (χ2n) is 4.24. The fraction of sp³-hybridized carbons (Fsp3) is 0.438. The predicted octanol–water partition coefficient (Wildman–Crippen LogP) is 3.22. The molecule has 0 radical (unpaired) electrons. The lowest BCUT2D eigenvalue weighted by Gasteiger charge is -2.19. The highest BCUT2D eigenvalue weighted by Gasteiger charge is 2.25. The summed E-state index contributed by atoms with van der Waals surface area (Å²) >= 11 is 0. The van der Waals surface area contributed by atoms with Gasteiger partial charge in [0.1, 0.15) is 5.82 Å². The van der Waals surface area contributed by atoms with Crippen molar-refractivity contribution in [2.24, 2.45) is 0 Å². The maximum Gasteiger partial charge on any atom is 0.279 e. The number of aromatic amines is 1. The number of hydrogen-bond donors (Lipinski definition) is 2. The highest BCUT2D eigenvalue weighted by atomic mass is 16.5. The molecule has 0 bridgehead atoms. The van der Waals surface area contributed by atoms with Crippen LogP contribution >= 0.6 is 0 Å². The molecular weight excluding hydrogens is 280 g/mol. The van der Waals surface area contributed by atoms with Crippen molar-refractivity contribution >= 4 is 5.91 Å². The molecule has 1 aliphatic heterocycles. The largest absolute Gasteiger partial charge is 0.356 e.